The minimum Gasteiger partial charge on any atom is -0.507 e. The fourth-order valence-corrected chi connectivity index (χ4v) is 3.73. The zero-order valence-corrected chi connectivity index (χ0v) is 20.2. The first-order valence-corrected chi connectivity index (χ1v) is 11.3. The lowest BCUT2D eigenvalue weighted by Crippen LogP contribution is -2.24. The number of carbonyl (C=O) groups is 1. The second-order valence-electron chi connectivity index (χ2n) is 8.45. The minimum atomic E-state index is -4.92. The number of methoxy groups -OCH3 is 1. The number of ether oxygens (including phenoxy) is 2. The fourth-order valence-electron chi connectivity index (χ4n) is 3.73. The number of phenols is 1. The minimum absolute atomic E-state index is 0.144. The van der Waals surface area contributed by atoms with Gasteiger partial charge in [0, 0.05) is 16.7 Å². The number of aryl methyl sites for hydroxylation is 1. The summed E-state index contributed by atoms with van der Waals surface area (Å²) in [5.74, 6) is -0.887. The second kappa shape index (κ2) is 11.4. The molecule has 0 bridgehead atoms. The van der Waals surface area contributed by atoms with Gasteiger partial charge in [-0.25, -0.2) is 4.79 Å². The third-order valence-electron chi connectivity index (χ3n) is 5.55. The summed E-state index contributed by atoms with van der Waals surface area (Å²) in [6.45, 7) is 7.75. The molecular formula is C26H32F3NO4. The van der Waals surface area contributed by atoms with Crippen molar-refractivity contribution in [1.29, 1.82) is 5.41 Å². The topological polar surface area (TPSA) is 79.6 Å². The molecule has 0 saturated carbocycles. The maximum atomic E-state index is 13.3. The third kappa shape index (κ3) is 6.10. The Labute approximate surface area is 198 Å². The Bertz CT molecular complexity index is 1010. The summed E-state index contributed by atoms with van der Waals surface area (Å²) in [6.07, 6.45) is -4.46. The maximum absolute atomic E-state index is 13.3. The summed E-state index contributed by atoms with van der Waals surface area (Å²) in [5, 5.41) is 18.3. The van der Waals surface area contributed by atoms with Crippen LogP contribution in [0.25, 0.3) is 0 Å². The Morgan fingerprint density at radius 2 is 1.62 bits per heavy atom. The molecule has 1 atom stereocenters. The van der Waals surface area contributed by atoms with E-state index in [1.54, 1.807) is 12.1 Å². The predicted molar refractivity (Wildman–Crippen MR) is 125 cm³/mol. The summed E-state index contributed by atoms with van der Waals surface area (Å²) < 4.78 is 51.0. The quantitative estimate of drug-likeness (QED) is 0.296. The Hall–Kier alpha value is -3.03. The first-order chi connectivity index (χ1) is 16.0. The van der Waals surface area contributed by atoms with Gasteiger partial charge in [0.1, 0.15) is 17.2 Å². The first-order valence-electron chi connectivity index (χ1n) is 11.3. The Morgan fingerprint density at radius 3 is 2.09 bits per heavy atom. The van der Waals surface area contributed by atoms with Gasteiger partial charge in [0.25, 0.3) is 0 Å². The molecule has 2 N–H and O–H groups in total. The highest BCUT2D eigenvalue weighted by molar-refractivity contribution is 6.05. The van der Waals surface area contributed by atoms with Crippen molar-refractivity contribution in [2.75, 3.05) is 7.11 Å². The molecule has 0 radical (unpaired) electrons. The molecule has 2 aromatic rings. The molecular weight excluding hydrogens is 447 g/mol. The predicted octanol–water partition coefficient (Wildman–Crippen LogP) is 6.64. The van der Waals surface area contributed by atoms with Crippen molar-refractivity contribution in [2.45, 2.75) is 71.6 Å². The van der Waals surface area contributed by atoms with Crippen molar-refractivity contribution < 1.29 is 32.5 Å². The van der Waals surface area contributed by atoms with Gasteiger partial charge in [-0.05, 0) is 36.0 Å². The molecule has 0 fully saturated rings. The molecule has 2 aromatic carbocycles. The summed E-state index contributed by atoms with van der Waals surface area (Å²) in [6, 6.07) is 8.40. The number of phenolic OH excluding ortho intramolecular Hbond substituents is 1. The number of esters is 1. The molecule has 1 unspecified atom stereocenters. The van der Waals surface area contributed by atoms with Crippen LogP contribution in [0.3, 0.4) is 0 Å². The molecule has 5 nitrogen and oxygen atoms in total. The number of carbonyl (C=O) groups excluding carboxylic acids is 1. The molecule has 2 rings (SSSR count). The number of rotatable bonds is 10. The zero-order valence-electron chi connectivity index (χ0n) is 20.2. The van der Waals surface area contributed by atoms with Crippen molar-refractivity contribution in [3.63, 3.8) is 0 Å². The van der Waals surface area contributed by atoms with E-state index < -0.39 is 35.3 Å². The van der Waals surface area contributed by atoms with E-state index in [0.717, 1.165) is 11.6 Å². The summed E-state index contributed by atoms with van der Waals surface area (Å²) in [4.78, 5) is 12.7. The number of alkyl halides is 3. The van der Waals surface area contributed by atoms with Crippen LogP contribution in [0.5, 0.6) is 11.5 Å². The Kier molecular flexibility index (Phi) is 9.13. The lowest BCUT2D eigenvalue weighted by Gasteiger charge is -2.24. The lowest BCUT2D eigenvalue weighted by atomic mass is 9.94. The summed E-state index contributed by atoms with van der Waals surface area (Å²) >= 11 is 0. The highest BCUT2D eigenvalue weighted by atomic mass is 19.4. The molecule has 0 aliphatic carbocycles. The van der Waals surface area contributed by atoms with Gasteiger partial charge in [-0.1, -0.05) is 64.8 Å². The van der Waals surface area contributed by atoms with Crippen LogP contribution >= 0.6 is 0 Å². The van der Waals surface area contributed by atoms with Crippen molar-refractivity contribution in [3.8, 4) is 11.5 Å². The van der Waals surface area contributed by atoms with Crippen molar-refractivity contribution >= 4 is 11.7 Å². The SMILES string of the molecule is CCCc1cc(C(=N)C(F)(F)F)c(O)c(CCC)c1OC(C(=O)OC)c1ccc(C(C)C)cc1. The zero-order chi connectivity index (χ0) is 25.6. The van der Waals surface area contributed by atoms with Crippen LogP contribution in [0.1, 0.15) is 80.4 Å². The number of nitrogens with one attached hydrogen (secondary N) is 1. The lowest BCUT2D eigenvalue weighted by molar-refractivity contribution is -0.149. The summed E-state index contributed by atoms with van der Waals surface area (Å²) in [7, 11) is 1.23. The number of halogens is 3. The maximum Gasteiger partial charge on any atom is 0.433 e. The van der Waals surface area contributed by atoms with Crippen LogP contribution in [-0.2, 0) is 22.4 Å². The van der Waals surface area contributed by atoms with Crippen LogP contribution in [0.2, 0.25) is 0 Å². The summed E-state index contributed by atoms with van der Waals surface area (Å²) in [5.41, 5.74) is -0.0978. The second-order valence-corrected chi connectivity index (χ2v) is 8.45. The molecule has 0 aliphatic rings. The van der Waals surface area contributed by atoms with Crippen LogP contribution in [-0.4, -0.2) is 30.1 Å². The van der Waals surface area contributed by atoms with E-state index >= 15 is 0 Å². The van der Waals surface area contributed by atoms with Gasteiger partial charge in [0.2, 0.25) is 6.10 Å². The smallest absolute Gasteiger partial charge is 0.433 e. The number of benzene rings is 2. The molecule has 0 spiro atoms. The van der Waals surface area contributed by atoms with Crippen molar-refractivity contribution in [3.05, 3.63) is 58.1 Å². The number of hydrogen-bond acceptors (Lipinski definition) is 5. The number of hydrogen-bond donors (Lipinski definition) is 2. The van der Waals surface area contributed by atoms with Gasteiger partial charge in [-0.15, -0.1) is 0 Å². The first kappa shape index (κ1) is 27.2. The third-order valence-corrected chi connectivity index (χ3v) is 5.55. The van der Waals surface area contributed by atoms with Crippen LogP contribution in [0, 0.1) is 5.41 Å². The van der Waals surface area contributed by atoms with Gasteiger partial charge in [-0.3, -0.25) is 5.41 Å². The number of aromatic hydroxyl groups is 1. The van der Waals surface area contributed by atoms with Crippen LogP contribution < -0.4 is 4.74 Å². The van der Waals surface area contributed by atoms with E-state index in [4.69, 9.17) is 14.9 Å². The molecule has 0 amide bonds. The van der Waals surface area contributed by atoms with Crippen molar-refractivity contribution in [2.24, 2.45) is 0 Å². The Balaban J connectivity index is 2.68. The largest absolute Gasteiger partial charge is 0.507 e. The molecule has 186 valence electrons. The highest BCUT2D eigenvalue weighted by Gasteiger charge is 2.38. The molecule has 0 aromatic heterocycles. The van der Waals surface area contributed by atoms with Crippen molar-refractivity contribution in [1.82, 2.24) is 0 Å². The van der Waals surface area contributed by atoms with Crippen LogP contribution in [0.4, 0.5) is 13.2 Å². The fraction of sp³-hybridized carbons (Fsp3) is 0.462. The van der Waals surface area contributed by atoms with Gasteiger partial charge < -0.3 is 14.6 Å². The van der Waals surface area contributed by atoms with E-state index in [1.807, 2.05) is 39.8 Å². The average Bonchev–Trinajstić information content (AvgIpc) is 2.79. The van der Waals surface area contributed by atoms with Gasteiger partial charge >= 0.3 is 12.1 Å². The normalized spacial score (nSPS) is 12.5. The highest BCUT2D eigenvalue weighted by Crippen LogP contribution is 2.41. The monoisotopic (exact) mass is 479 g/mol. The van der Waals surface area contributed by atoms with Crippen LogP contribution in [0.15, 0.2) is 30.3 Å². The van der Waals surface area contributed by atoms with Gasteiger partial charge in [0.05, 0.1) is 7.11 Å². The van der Waals surface area contributed by atoms with E-state index in [9.17, 15) is 23.1 Å². The van der Waals surface area contributed by atoms with E-state index in [0.29, 0.717) is 30.4 Å². The van der Waals surface area contributed by atoms with E-state index in [-0.39, 0.29) is 23.7 Å². The standard InChI is InChI=1S/C26H32F3NO4/c1-6-8-18-14-20(24(30)26(27,28)29)21(31)19(9-7-2)22(18)34-23(25(32)33-5)17-12-10-16(11-13-17)15(3)4/h10-15,23,30-31H,6-9H2,1-5H3. The van der Waals surface area contributed by atoms with Gasteiger partial charge in [-0.2, -0.15) is 13.2 Å². The Morgan fingerprint density at radius 1 is 1.06 bits per heavy atom. The molecule has 34 heavy (non-hydrogen) atoms. The molecule has 0 saturated heterocycles. The molecule has 0 heterocycles. The molecule has 0 aliphatic heterocycles. The van der Waals surface area contributed by atoms with Gasteiger partial charge in [0.15, 0.2) is 0 Å². The average molecular weight is 480 g/mol. The van der Waals surface area contributed by atoms with E-state index in [2.05, 4.69) is 0 Å². The van der Waals surface area contributed by atoms with E-state index in [1.165, 1.54) is 7.11 Å². The molecule has 8 heteroatoms.